The summed E-state index contributed by atoms with van der Waals surface area (Å²) in [6, 6.07) is 5.27. The number of imidazole rings is 1. The first-order chi connectivity index (χ1) is 14.6. The van der Waals surface area contributed by atoms with Gasteiger partial charge in [0.2, 0.25) is 11.7 Å². The van der Waals surface area contributed by atoms with Crippen LogP contribution in [-0.2, 0) is 4.74 Å². The quantitative estimate of drug-likeness (QED) is 0.474. The molecule has 4 aromatic rings. The van der Waals surface area contributed by atoms with Crippen molar-refractivity contribution in [3.8, 4) is 11.5 Å². The van der Waals surface area contributed by atoms with Gasteiger partial charge in [-0.3, -0.25) is 13.8 Å². The van der Waals surface area contributed by atoms with Crippen LogP contribution >= 0.6 is 11.6 Å². The van der Waals surface area contributed by atoms with E-state index in [4.69, 9.17) is 20.9 Å². The third-order valence-corrected chi connectivity index (χ3v) is 6.09. The van der Waals surface area contributed by atoms with E-state index in [9.17, 15) is 4.79 Å². The molecule has 0 bridgehead atoms. The zero-order valence-electron chi connectivity index (χ0n) is 16.8. The lowest BCUT2D eigenvalue weighted by molar-refractivity contribution is 0.162. The smallest absolute Gasteiger partial charge is 0.278 e. The van der Waals surface area contributed by atoms with Crippen LogP contribution < -0.4 is 5.56 Å². The normalized spacial score (nSPS) is 16.1. The molecule has 1 atom stereocenters. The summed E-state index contributed by atoms with van der Waals surface area (Å²) in [5, 5.41) is 4.70. The van der Waals surface area contributed by atoms with Crippen LogP contribution in [0.3, 0.4) is 0 Å². The highest BCUT2D eigenvalue weighted by atomic mass is 35.5. The maximum atomic E-state index is 13.6. The van der Waals surface area contributed by atoms with Gasteiger partial charge in [0.05, 0.1) is 23.7 Å². The largest absolute Gasteiger partial charge is 0.383 e. The van der Waals surface area contributed by atoms with Crippen LogP contribution in [0, 0.1) is 0 Å². The number of halogens is 1. The molecule has 0 N–H and O–H groups in total. The van der Waals surface area contributed by atoms with Gasteiger partial charge in [0.15, 0.2) is 0 Å². The maximum absolute atomic E-state index is 13.6. The predicted molar refractivity (Wildman–Crippen MR) is 113 cm³/mol. The fourth-order valence-corrected chi connectivity index (χ4v) is 4.61. The molecule has 9 heteroatoms. The molecule has 1 aliphatic carbocycles. The van der Waals surface area contributed by atoms with E-state index in [2.05, 4.69) is 15.1 Å². The average Bonchev–Trinajstić information content (AvgIpc) is 3.47. The number of hydrogen-bond donors (Lipinski definition) is 0. The second-order valence-corrected chi connectivity index (χ2v) is 8.30. The highest BCUT2D eigenvalue weighted by molar-refractivity contribution is 6.31. The van der Waals surface area contributed by atoms with Crippen molar-refractivity contribution < 1.29 is 9.26 Å². The lowest BCUT2D eigenvalue weighted by Gasteiger charge is -2.18. The highest BCUT2D eigenvalue weighted by Crippen LogP contribution is 2.34. The highest BCUT2D eigenvalue weighted by Gasteiger charge is 2.26. The third kappa shape index (κ3) is 3.02. The minimum atomic E-state index is -0.200. The number of aromatic nitrogens is 5. The Bertz CT molecular complexity index is 1290. The van der Waals surface area contributed by atoms with Gasteiger partial charge in [-0.2, -0.15) is 4.98 Å². The van der Waals surface area contributed by atoms with Gasteiger partial charge in [-0.05, 0) is 38.0 Å². The Labute approximate surface area is 177 Å². The molecule has 1 fully saturated rings. The molecule has 1 unspecified atom stereocenters. The third-order valence-electron chi connectivity index (χ3n) is 5.85. The van der Waals surface area contributed by atoms with E-state index in [1.807, 2.05) is 13.0 Å². The second-order valence-electron chi connectivity index (χ2n) is 7.86. The molecule has 5 rings (SSSR count). The Morgan fingerprint density at radius 1 is 1.30 bits per heavy atom. The Hall–Kier alpha value is -2.71. The molecule has 8 nitrogen and oxygen atoms in total. The first kappa shape index (κ1) is 19.3. The predicted octanol–water partition coefficient (Wildman–Crippen LogP) is 4.22. The number of hydrogen-bond acceptors (Lipinski definition) is 6. The van der Waals surface area contributed by atoms with E-state index in [-0.39, 0.29) is 11.6 Å². The van der Waals surface area contributed by atoms with Crippen molar-refractivity contribution in [3.63, 3.8) is 0 Å². The molecule has 3 heterocycles. The van der Waals surface area contributed by atoms with Crippen molar-refractivity contribution >= 4 is 28.2 Å². The van der Waals surface area contributed by atoms with E-state index in [0.717, 1.165) is 18.4 Å². The van der Waals surface area contributed by atoms with Crippen LogP contribution in [0.4, 0.5) is 0 Å². The SMILES string of the molecule is COCC(C)n1c(=O)c2c(-c3noc(C4CCCC4)n3)ncn2c2ccc(Cl)cc21. The second kappa shape index (κ2) is 7.52. The summed E-state index contributed by atoms with van der Waals surface area (Å²) in [5.41, 5.74) is 2.16. The summed E-state index contributed by atoms with van der Waals surface area (Å²) in [6.07, 6.45) is 6.08. The van der Waals surface area contributed by atoms with Gasteiger partial charge in [0, 0.05) is 18.1 Å². The molecule has 156 valence electrons. The van der Waals surface area contributed by atoms with Crippen LogP contribution in [0.25, 0.3) is 28.1 Å². The molecular weight excluding hydrogens is 406 g/mol. The van der Waals surface area contributed by atoms with Crippen molar-refractivity contribution in [2.45, 2.75) is 44.6 Å². The summed E-state index contributed by atoms with van der Waals surface area (Å²) in [7, 11) is 1.61. The van der Waals surface area contributed by atoms with Gasteiger partial charge >= 0.3 is 0 Å². The van der Waals surface area contributed by atoms with E-state index < -0.39 is 0 Å². The van der Waals surface area contributed by atoms with Crippen LogP contribution in [0.5, 0.6) is 0 Å². The number of ether oxygens (including phenoxy) is 1. The van der Waals surface area contributed by atoms with E-state index >= 15 is 0 Å². The molecule has 30 heavy (non-hydrogen) atoms. The monoisotopic (exact) mass is 427 g/mol. The Morgan fingerprint density at radius 2 is 2.10 bits per heavy atom. The molecule has 0 aliphatic heterocycles. The van der Waals surface area contributed by atoms with Crippen molar-refractivity contribution in [2.24, 2.45) is 0 Å². The first-order valence-corrected chi connectivity index (χ1v) is 10.5. The Kier molecular flexibility index (Phi) is 4.83. The van der Waals surface area contributed by atoms with Gasteiger partial charge < -0.3 is 9.26 Å². The number of rotatable bonds is 5. The zero-order valence-corrected chi connectivity index (χ0v) is 17.6. The molecule has 0 saturated heterocycles. The fourth-order valence-electron chi connectivity index (χ4n) is 4.44. The van der Waals surface area contributed by atoms with Crippen LogP contribution in [0.2, 0.25) is 5.02 Å². The van der Waals surface area contributed by atoms with Gasteiger partial charge in [-0.1, -0.05) is 29.6 Å². The minimum absolute atomic E-state index is 0.199. The molecule has 0 amide bonds. The maximum Gasteiger partial charge on any atom is 0.278 e. The lowest BCUT2D eigenvalue weighted by Crippen LogP contribution is -2.28. The first-order valence-electron chi connectivity index (χ1n) is 10.1. The van der Waals surface area contributed by atoms with E-state index in [1.54, 1.807) is 34.5 Å². The Morgan fingerprint density at radius 3 is 2.87 bits per heavy atom. The molecule has 0 radical (unpaired) electrons. The van der Waals surface area contributed by atoms with Crippen molar-refractivity contribution in [3.05, 3.63) is 45.8 Å². The van der Waals surface area contributed by atoms with Crippen LogP contribution in [-0.4, -0.2) is 37.8 Å². The van der Waals surface area contributed by atoms with Crippen LogP contribution in [0.15, 0.2) is 33.8 Å². The summed E-state index contributed by atoms with van der Waals surface area (Å²) >= 11 is 6.24. The molecule has 3 aromatic heterocycles. The fraction of sp³-hybridized carbons (Fsp3) is 0.429. The van der Waals surface area contributed by atoms with Gasteiger partial charge in [-0.15, -0.1) is 0 Å². The summed E-state index contributed by atoms with van der Waals surface area (Å²) < 4.78 is 14.3. The number of methoxy groups -OCH3 is 1. The van der Waals surface area contributed by atoms with E-state index in [0.29, 0.717) is 46.0 Å². The Balaban J connectivity index is 1.75. The van der Waals surface area contributed by atoms with E-state index in [1.165, 1.54) is 12.8 Å². The standard InChI is InChI=1S/C21H22ClN5O3/c1-12(10-29-2)27-16-9-14(22)7-8-15(16)26-11-23-17(18(26)21(27)28)19-24-20(30-25-19)13-5-3-4-6-13/h7-9,11-13H,3-6,10H2,1-2H3. The molecule has 1 saturated carbocycles. The summed E-state index contributed by atoms with van der Waals surface area (Å²) in [4.78, 5) is 22.7. The van der Waals surface area contributed by atoms with Crippen molar-refractivity contribution in [1.29, 1.82) is 0 Å². The van der Waals surface area contributed by atoms with Crippen molar-refractivity contribution in [1.82, 2.24) is 24.1 Å². The summed E-state index contributed by atoms with van der Waals surface area (Å²) in [6.45, 7) is 2.32. The molecule has 1 aliphatic rings. The molecule has 1 aromatic carbocycles. The van der Waals surface area contributed by atoms with Crippen LogP contribution in [0.1, 0.15) is 50.5 Å². The van der Waals surface area contributed by atoms with Gasteiger partial charge in [0.25, 0.3) is 5.56 Å². The zero-order chi connectivity index (χ0) is 20.8. The topological polar surface area (TPSA) is 87.5 Å². The van der Waals surface area contributed by atoms with Crippen molar-refractivity contribution in [2.75, 3.05) is 13.7 Å². The molecule has 0 spiro atoms. The number of fused-ring (bicyclic) bond motifs is 3. The molecular formula is C21H22ClN5O3. The number of nitrogens with zero attached hydrogens (tertiary/aromatic N) is 5. The minimum Gasteiger partial charge on any atom is -0.383 e. The lowest BCUT2D eigenvalue weighted by atomic mass is 10.1. The van der Waals surface area contributed by atoms with Gasteiger partial charge in [0.1, 0.15) is 17.5 Å². The number of benzene rings is 1. The summed E-state index contributed by atoms with van der Waals surface area (Å²) in [5.74, 6) is 1.27. The van der Waals surface area contributed by atoms with Gasteiger partial charge in [-0.25, -0.2) is 4.98 Å². The average molecular weight is 428 g/mol.